The van der Waals surface area contributed by atoms with Gasteiger partial charge in [-0.15, -0.1) is 0 Å². The van der Waals surface area contributed by atoms with Crippen LogP contribution in [0.3, 0.4) is 0 Å². The fraction of sp³-hybridized carbons (Fsp3) is 0.250. The standard InChI is InChI=1S/C24H20O3/c1-27-16-11-9-14(10-12-16)22-21-15(5-4-8-20(21)25)13-19-17-6-2-3-7-18(17)24(26)23(19)22/h2-3,6-7,9-12,22H,4-5,8,13H2,1H3. The third-order valence-electron chi connectivity index (χ3n) is 6.05. The molecule has 0 N–H and O–H groups in total. The molecule has 0 saturated carbocycles. The van der Waals surface area contributed by atoms with Gasteiger partial charge in [0.2, 0.25) is 0 Å². The molecule has 1 unspecified atom stereocenters. The van der Waals surface area contributed by atoms with Crippen LogP contribution in [0, 0.1) is 0 Å². The minimum Gasteiger partial charge on any atom is -0.497 e. The zero-order valence-corrected chi connectivity index (χ0v) is 15.2. The number of Topliss-reactive ketones (excluding diaryl/α,β-unsaturated/α-hetero) is 2. The van der Waals surface area contributed by atoms with Crippen LogP contribution in [0.15, 0.2) is 65.3 Å². The lowest BCUT2D eigenvalue weighted by molar-refractivity contribution is -0.116. The van der Waals surface area contributed by atoms with Crippen molar-refractivity contribution in [2.75, 3.05) is 7.11 Å². The molecular formula is C24H20O3. The molecule has 2 aromatic rings. The van der Waals surface area contributed by atoms with Crippen LogP contribution in [0.25, 0.3) is 5.57 Å². The highest BCUT2D eigenvalue weighted by Crippen LogP contribution is 2.52. The van der Waals surface area contributed by atoms with Gasteiger partial charge in [-0.1, -0.05) is 42.0 Å². The molecule has 5 rings (SSSR count). The second kappa shape index (κ2) is 6.05. The molecule has 0 fully saturated rings. The summed E-state index contributed by atoms with van der Waals surface area (Å²) >= 11 is 0. The second-order valence-corrected chi connectivity index (χ2v) is 7.44. The molecule has 3 aliphatic rings. The van der Waals surface area contributed by atoms with Gasteiger partial charge in [0.25, 0.3) is 0 Å². The van der Waals surface area contributed by atoms with Crippen LogP contribution in [0.4, 0.5) is 0 Å². The molecular weight excluding hydrogens is 336 g/mol. The first-order valence-corrected chi connectivity index (χ1v) is 9.45. The topological polar surface area (TPSA) is 43.4 Å². The maximum atomic E-state index is 13.3. The predicted molar refractivity (Wildman–Crippen MR) is 104 cm³/mol. The van der Waals surface area contributed by atoms with Gasteiger partial charge in [0.1, 0.15) is 5.75 Å². The van der Waals surface area contributed by atoms with Gasteiger partial charge < -0.3 is 4.74 Å². The second-order valence-electron chi connectivity index (χ2n) is 7.44. The molecule has 1 atom stereocenters. The van der Waals surface area contributed by atoms with E-state index in [4.69, 9.17) is 4.74 Å². The first-order valence-electron chi connectivity index (χ1n) is 9.45. The van der Waals surface area contributed by atoms with Crippen LogP contribution in [0.5, 0.6) is 5.75 Å². The molecule has 0 spiro atoms. The Bertz CT molecular complexity index is 1040. The zero-order valence-electron chi connectivity index (χ0n) is 15.2. The van der Waals surface area contributed by atoms with Gasteiger partial charge in [-0.05, 0) is 48.1 Å². The molecule has 0 bridgehead atoms. The van der Waals surface area contributed by atoms with Crippen LogP contribution in [0.2, 0.25) is 0 Å². The molecule has 3 aliphatic carbocycles. The Kier molecular flexibility index (Phi) is 3.64. The number of hydrogen-bond acceptors (Lipinski definition) is 3. The Morgan fingerprint density at radius 3 is 2.37 bits per heavy atom. The number of carbonyl (C=O) groups is 2. The van der Waals surface area contributed by atoms with Gasteiger partial charge in [0.05, 0.1) is 7.11 Å². The minimum absolute atomic E-state index is 0.0753. The van der Waals surface area contributed by atoms with Crippen molar-refractivity contribution in [3.8, 4) is 5.75 Å². The molecule has 2 aromatic carbocycles. The first-order chi connectivity index (χ1) is 13.2. The van der Waals surface area contributed by atoms with Crippen LogP contribution in [-0.4, -0.2) is 18.7 Å². The highest BCUT2D eigenvalue weighted by Gasteiger charge is 2.43. The highest BCUT2D eigenvalue weighted by atomic mass is 16.5. The van der Waals surface area contributed by atoms with E-state index in [0.717, 1.165) is 58.4 Å². The van der Waals surface area contributed by atoms with E-state index in [1.165, 1.54) is 5.57 Å². The van der Waals surface area contributed by atoms with Gasteiger partial charge in [0.15, 0.2) is 11.6 Å². The average Bonchev–Trinajstić information content (AvgIpc) is 2.99. The number of carbonyl (C=O) groups excluding carboxylic acids is 2. The molecule has 0 aromatic heterocycles. The summed E-state index contributed by atoms with van der Waals surface area (Å²) in [6.45, 7) is 0. The number of ketones is 2. The Hall–Kier alpha value is -2.94. The van der Waals surface area contributed by atoms with E-state index < -0.39 is 0 Å². The summed E-state index contributed by atoms with van der Waals surface area (Å²) in [6.07, 6.45) is 3.16. The molecule has 3 heteroatoms. The molecule has 134 valence electrons. The van der Waals surface area contributed by atoms with Crippen molar-refractivity contribution in [2.24, 2.45) is 0 Å². The van der Waals surface area contributed by atoms with E-state index in [0.29, 0.717) is 6.42 Å². The molecule has 0 amide bonds. The predicted octanol–water partition coefficient (Wildman–Crippen LogP) is 4.88. The SMILES string of the molecule is COc1ccc(C2C3=C(CCCC3=O)CC3=C2C(=O)c2ccccc23)cc1. The lowest BCUT2D eigenvalue weighted by atomic mass is 9.69. The van der Waals surface area contributed by atoms with Gasteiger partial charge in [-0.3, -0.25) is 9.59 Å². The lowest BCUT2D eigenvalue weighted by Crippen LogP contribution is -2.25. The van der Waals surface area contributed by atoms with E-state index in [1.807, 2.05) is 48.5 Å². The summed E-state index contributed by atoms with van der Waals surface area (Å²) in [5.41, 5.74) is 6.81. The van der Waals surface area contributed by atoms with Gasteiger partial charge in [-0.2, -0.15) is 0 Å². The van der Waals surface area contributed by atoms with Crippen LogP contribution in [0.1, 0.15) is 53.1 Å². The average molecular weight is 356 g/mol. The normalized spacial score (nSPS) is 21.1. The summed E-state index contributed by atoms with van der Waals surface area (Å²) in [4.78, 5) is 26.2. The minimum atomic E-state index is -0.262. The maximum Gasteiger partial charge on any atom is 0.190 e. The van der Waals surface area contributed by atoms with Crippen molar-refractivity contribution in [2.45, 2.75) is 31.6 Å². The van der Waals surface area contributed by atoms with Gasteiger partial charge in [0, 0.05) is 29.0 Å². The first kappa shape index (κ1) is 16.2. The smallest absolute Gasteiger partial charge is 0.190 e. The molecule has 0 aliphatic heterocycles. The van der Waals surface area contributed by atoms with Crippen molar-refractivity contribution in [1.82, 2.24) is 0 Å². The number of methoxy groups -OCH3 is 1. The maximum absolute atomic E-state index is 13.3. The van der Waals surface area contributed by atoms with E-state index >= 15 is 0 Å². The number of benzene rings is 2. The summed E-state index contributed by atoms with van der Waals surface area (Å²) in [7, 11) is 1.64. The summed E-state index contributed by atoms with van der Waals surface area (Å²) < 4.78 is 5.28. The quantitative estimate of drug-likeness (QED) is 0.770. The third kappa shape index (κ3) is 2.34. The van der Waals surface area contributed by atoms with Crippen molar-refractivity contribution in [3.63, 3.8) is 0 Å². The molecule has 0 radical (unpaired) electrons. The Morgan fingerprint density at radius 1 is 0.889 bits per heavy atom. The van der Waals surface area contributed by atoms with Gasteiger partial charge >= 0.3 is 0 Å². The van der Waals surface area contributed by atoms with Crippen molar-refractivity contribution in [1.29, 1.82) is 0 Å². The largest absolute Gasteiger partial charge is 0.497 e. The Balaban J connectivity index is 1.72. The zero-order chi connectivity index (χ0) is 18.5. The van der Waals surface area contributed by atoms with Crippen LogP contribution >= 0.6 is 0 Å². The van der Waals surface area contributed by atoms with Crippen LogP contribution in [-0.2, 0) is 4.79 Å². The van der Waals surface area contributed by atoms with E-state index in [1.54, 1.807) is 7.11 Å². The Morgan fingerprint density at radius 2 is 1.63 bits per heavy atom. The van der Waals surface area contributed by atoms with E-state index in [9.17, 15) is 9.59 Å². The third-order valence-corrected chi connectivity index (χ3v) is 6.05. The fourth-order valence-electron chi connectivity index (χ4n) is 4.83. The van der Waals surface area contributed by atoms with Crippen molar-refractivity contribution < 1.29 is 14.3 Å². The lowest BCUT2D eigenvalue weighted by Gasteiger charge is -2.32. The summed E-state index contributed by atoms with van der Waals surface area (Å²) in [5.74, 6) is 0.787. The van der Waals surface area contributed by atoms with Gasteiger partial charge in [-0.25, -0.2) is 0 Å². The number of fused-ring (bicyclic) bond motifs is 2. The monoisotopic (exact) mass is 356 g/mol. The number of allylic oxidation sites excluding steroid dienone is 4. The fourth-order valence-corrected chi connectivity index (χ4v) is 4.83. The summed E-state index contributed by atoms with van der Waals surface area (Å²) in [5, 5.41) is 0. The molecule has 0 saturated heterocycles. The van der Waals surface area contributed by atoms with Crippen LogP contribution < -0.4 is 4.74 Å². The molecule has 3 nitrogen and oxygen atoms in total. The summed E-state index contributed by atoms with van der Waals surface area (Å²) in [6, 6.07) is 15.6. The van der Waals surface area contributed by atoms with E-state index in [2.05, 4.69) is 0 Å². The number of rotatable bonds is 2. The van der Waals surface area contributed by atoms with E-state index in [-0.39, 0.29) is 17.5 Å². The number of ether oxygens (including phenoxy) is 1. The number of hydrogen-bond donors (Lipinski definition) is 0. The molecule has 0 heterocycles. The molecule has 27 heavy (non-hydrogen) atoms. The highest BCUT2D eigenvalue weighted by molar-refractivity contribution is 6.23. The Labute approximate surface area is 158 Å². The van der Waals surface area contributed by atoms with Crippen molar-refractivity contribution >= 4 is 17.1 Å². The van der Waals surface area contributed by atoms with Crippen molar-refractivity contribution in [3.05, 3.63) is 81.9 Å².